The van der Waals surface area contributed by atoms with E-state index < -0.39 is 5.91 Å². The van der Waals surface area contributed by atoms with Crippen LogP contribution in [0.3, 0.4) is 0 Å². The topological polar surface area (TPSA) is 92.9 Å². The van der Waals surface area contributed by atoms with Crippen molar-refractivity contribution in [3.05, 3.63) is 65.2 Å². The van der Waals surface area contributed by atoms with Crippen molar-refractivity contribution in [3.8, 4) is 0 Å². The van der Waals surface area contributed by atoms with Crippen molar-refractivity contribution >= 4 is 23.4 Å². The predicted molar refractivity (Wildman–Crippen MR) is 119 cm³/mol. The second-order valence-electron chi connectivity index (χ2n) is 7.67. The number of fused-ring (bicyclic) bond motifs is 1. The number of anilines is 1. The molecule has 31 heavy (non-hydrogen) atoms. The molecule has 2 N–H and O–H groups in total. The molecule has 164 valence electrons. The van der Waals surface area contributed by atoms with Crippen molar-refractivity contribution < 1.29 is 19.1 Å². The number of hydrogen-bond donors (Lipinski definition) is 1. The van der Waals surface area contributed by atoms with Crippen molar-refractivity contribution in [2.24, 2.45) is 5.73 Å². The summed E-state index contributed by atoms with van der Waals surface area (Å²) in [4.78, 5) is 39.3. The number of imide groups is 1. The Labute approximate surface area is 182 Å². The quantitative estimate of drug-likeness (QED) is 0.418. The van der Waals surface area contributed by atoms with Crippen molar-refractivity contribution in [1.29, 1.82) is 0 Å². The maximum absolute atomic E-state index is 12.3. The van der Waals surface area contributed by atoms with Gasteiger partial charge in [-0.1, -0.05) is 31.0 Å². The Bertz CT molecular complexity index is 909. The van der Waals surface area contributed by atoms with E-state index in [0.717, 1.165) is 31.4 Å². The number of amides is 3. The summed E-state index contributed by atoms with van der Waals surface area (Å²) in [6.45, 7) is 2.43. The number of rotatable bonds is 12. The van der Waals surface area contributed by atoms with Gasteiger partial charge in [0.15, 0.2) is 0 Å². The smallest absolute Gasteiger partial charge is 0.261 e. The Balaban J connectivity index is 1.26. The van der Waals surface area contributed by atoms with Crippen LogP contribution in [0.15, 0.2) is 48.5 Å². The standard InChI is InChI=1S/C24H29N3O4/c1-26(19-10-8-9-18(17-19)22(25)28)14-16-31-15-7-3-2-6-13-27-23(29)20-11-4-5-12-21(20)24(27)30/h4-5,8-12,17H,2-3,6-7,13-16H2,1H3,(H2,25,28). The van der Waals surface area contributed by atoms with Gasteiger partial charge in [0.05, 0.1) is 17.7 Å². The van der Waals surface area contributed by atoms with E-state index >= 15 is 0 Å². The number of carbonyl (C=O) groups is 3. The number of nitrogens with zero attached hydrogens (tertiary/aromatic N) is 2. The molecule has 0 aromatic heterocycles. The van der Waals surface area contributed by atoms with Gasteiger partial charge in [-0.25, -0.2) is 0 Å². The minimum atomic E-state index is -0.436. The van der Waals surface area contributed by atoms with Crippen LogP contribution >= 0.6 is 0 Å². The summed E-state index contributed by atoms with van der Waals surface area (Å²) < 4.78 is 5.71. The van der Waals surface area contributed by atoms with Crippen LogP contribution < -0.4 is 10.6 Å². The van der Waals surface area contributed by atoms with Gasteiger partial charge < -0.3 is 15.4 Å². The van der Waals surface area contributed by atoms with Gasteiger partial charge in [0, 0.05) is 38.0 Å². The van der Waals surface area contributed by atoms with Gasteiger partial charge in [-0.05, 0) is 43.2 Å². The summed E-state index contributed by atoms with van der Waals surface area (Å²) in [6, 6.07) is 14.2. The zero-order valence-electron chi connectivity index (χ0n) is 17.9. The van der Waals surface area contributed by atoms with E-state index in [0.29, 0.717) is 43.0 Å². The first-order chi connectivity index (χ1) is 15.0. The second kappa shape index (κ2) is 10.7. The lowest BCUT2D eigenvalue weighted by molar-refractivity contribution is 0.0650. The van der Waals surface area contributed by atoms with Crippen molar-refractivity contribution in [1.82, 2.24) is 4.90 Å². The number of unbranched alkanes of at least 4 members (excludes halogenated alkanes) is 3. The van der Waals surface area contributed by atoms with Crippen LogP contribution in [0.1, 0.15) is 56.8 Å². The molecule has 0 atom stereocenters. The van der Waals surface area contributed by atoms with Crippen LogP contribution in [0.4, 0.5) is 5.69 Å². The summed E-state index contributed by atoms with van der Waals surface area (Å²) in [7, 11) is 1.95. The van der Waals surface area contributed by atoms with Crippen LogP contribution in [-0.4, -0.2) is 56.0 Å². The minimum absolute atomic E-state index is 0.186. The van der Waals surface area contributed by atoms with Crippen molar-refractivity contribution in [2.75, 3.05) is 38.3 Å². The van der Waals surface area contributed by atoms with Crippen LogP contribution in [0.2, 0.25) is 0 Å². The average molecular weight is 424 g/mol. The largest absolute Gasteiger partial charge is 0.380 e. The zero-order valence-corrected chi connectivity index (χ0v) is 17.9. The molecule has 0 radical (unpaired) electrons. The maximum Gasteiger partial charge on any atom is 0.261 e. The molecule has 7 heteroatoms. The lowest BCUT2D eigenvalue weighted by Gasteiger charge is -2.19. The Morgan fingerprint density at radius 2 is 1.61 bits per heavy atom. The molecular weight excluding hydrogens is 394 g/mol. The highest BCUT2D eigenvalue weighted by Crippen LogP contribution is 2.22. The van der Waals surface area contributed by atoms with Crippen LogP contribution in [0, 0.1) is 0 Å². The summed E-state index contributed by atoms with van der Waals surface area (Å²) in [5.74, 6) is -0.807. The molecule has 0 unspecified atom stereocenters. The Morgan fingerprint density at radius 3 is 2.29 bits per heavy atom. The Morgan fingerprint density at radius 1 is 0.935 bits per heavy atom. The summed E-state index contributed by atoms with van der Waals surface area (Å²) >= 11 is 0. The highest BCUT2D eigenvalue weighted by Gasteiger charge is 2.34. The molecule has 0 fully saturated rings. The van der Waals surface area contributed by atoms with E-state index in [1.807, 2.05) is 24.1 Å². The van der Waals surface area contributed by atoms with E-state index in [1.54, 1.807) is 36.4 Å². The minimum Gasteiger partial charge on any atom is -0.380 e. The van der Waals surface area contributed by atoms with Gasteiger partial charge in [-0.15, -0.1) is 0 Å². The molecule has 2 aromatic carbocycles. The molecule has 0 bridgehead atoms. The number of carbonyl (C=O) groups excluding carboxylic acids is 3. The Kier molecular flexibility index (Phi) is 7.78. The van der Waals surface area contributed by atoms with E-state index in [9.17, 15) is 14.4 Å². The van der Waals surface area contributed by atoms with Crippen molar-refractivity contribution in [2.45, 2.75) is 25.7 Å². The highest BCUT2D eigenvalue weighted by atomic mass is 16.5. The molecule has 3 amide bonds. The first-order valence-electron chi connectivity index (χ1n) is 10.6. The summed E-state index contributed by atoms with van der Waals surface area (Å²) in [5, 5.41) is 0. The molecular formula is C24H29N3O4. The van der Waals surface area contributed by atoms with Crippen LogP contribution in [0.25, 0.3) is 0 Å². The first kappa shape index (κ1) is 22.5. The molecule has 3 rings (SSSR count). The molecule has 0 aliphatic carbocycles. The fourth-order valence-corrected chi connectivity index (χ4v) is 3.60. The molecule has 1 aliphatic rings. The summed E-state index contributed by atoms with van der Waals surface area (Å²) in [6.07, 6.45) is 3.66. The SMILES string of the molecule is CN(CCOCCCCCCN1C(=O)c2ccccc2C1=O)c1cccc(C(N)=O)c1. The van der Waals surface area contributed by atoms with Crippen LogP contribution in [0.5, 0.6) is 0 Å². The second-order valence-corrected chi connectivity index (χ2v) is 7.67. The van der Waals surface area contributed by atoms with Gasteiger partial charge in [0.1, 0.15) is 0 Å². The number of likely N-dealkylation sites (N-methyl/N-ethyl adjacent to an activating group) is 1. The molecule has 0 saturated heterocycles. The van der Waals surface area contributed by atoms with Gasteiger partial charge in [0.25, 0.3) is 11.8 Å². The van der Waals surface area contributed by atoms with Crippen molar-refractivity contribution in [3.63, 3.8) is 0 Å². The first-order valence-corrected chi connectivity index (χ1v) is 10.6. The molecule has 0 saturated carbocycles. The number of primary amides is 1. The fourth-order valence-electron chi connectivity index (χ4n) is 3.60. The number of nitrogens with two attached hydrogens (primary N) is 1. The molecule has 1 aliphatic heterocycles. The normalized spacial score (nSPS) is 12.9. The number of ether oxygens (including phenoxy) is 1. The lowest BCUT2D eigenvalue weighted by atomic mass is 10.1. The van der Waals surface area contributed by atoms with E-state index in [4.69, 9.17) is 10.5 Å². The van der Waals surface area contributed by atoms with Gasteiger partial charge >= 0.3 is 0 Å². The Hall–Kier alpha value is -3.19. The molecule has 7 nitrogen and oxygen atoms in total. The van der Waals surface area contributed by atoms with Gasteiger partial charge in [0.2, 0.25) is 5.91 Å². The van der Waals surface area contributed by atoms with E-state index in [2.05, 4.69) is 0 Å². The molecule has 0 spiro atoms. The molecule has 1 heterocycles. The number of hydrogen-bond acceptors (Lipinski definition) is 5. The van der Waals surface area contributed by atoms with Gasteiger partial charge in [-0.2, -0.15) is 0 Å². The van der Waals surface area contributed by atoms with Crippen LogP contribution in [-0.2, 0) is 4.74 Å². The summed E-state index contributed by atoms with van der Waals surface area (Å²) in [5.41, 5.74) is 7.75. The number of benzene rings is 2. The average Bonchev–Trinajstić information content (AvgIpc) is 3.02. The third-order valence-corrected chi connectivity index (χ3v) is 5.44. The lowest BCUT2D eigenvalue weighted by Crippen LogP contribution is -2.30. The monoisotopic (exact) mass is 423 g/mol. The third-order valence-electron chi connectivity index (χ3n) is 5.44. The molecule has 2 aromatic rings. The maximum atomic E-state index is 12.3. The van der Waals surface area contributed by atoms with E-state index in [1.165, 1.54) is 4.90 Å². The van der Waals surface area contributed by atoms with E-state index in [-0.39, 0.29) is 11.8 Å². The third kappa shape index (κ3) is 5.70. The highest BCUT2D eigenvalue weighted by molar-refractivity contribution is 6.21. The fraction of sp³-hybridized carbons (Fsp3) is 0.375. The zero-order chi connectivity index (χ0) is 22.2. The predicted octanol–water partition coefficient (Wildman–Crippen LogP) is 3.09. The van der Waals surface area contributed by atoms with Gasteiger partial charge in [-0.3, -0.25) is 19.3 Å².